The number of aromatic nitrogens is 2. The van der Waals surface area contributed by atoms with Gasteiger partial charge in [0.15, 0.2) is 5.11 Å². The van der Waals surface area contributed by atoms with Gasteiger partial charge in [-0.25, -0.2) is 0 Å². The van der Waals surface area contributed by atoms with Gasteiger partial charge in [-0.05, 0) is 68.4 Å². The van der Waals surface area contributed by atoms with Crippen molar-refractivity contribution in [3.05, 3.63) is 81.4 Å². The number of halogens is 2. The molecule has 1 fully saturated rings. The topological polar surface area (TPSA) is 53.3 Å². The molecule has 1 saturated heterocycles. The summed E-state index contributed by atoms with van der Waals surface area (Å²) in [5.41, 5.74) is 5.02. The molecule has 0 amide bonds. The molecule has 1 aliphatic heterocycles. The Hall–Kier alpha value is -2.12. The Morgan fingerprint density at radius 3 is 2.68 bits per heavy atom. The molecular weight excluding hydrogens is 451 g/mol. The van der Waals surface area contributed by atoms with E-state index in [1.54, 1.807) is 12.3 Å². The third kappa shape index (κ3) is 4.05. The minimum Gasteiger partial charge on any atom is -0.396 e. The van der Waals surface area contributed by atoms with Gasteiger partial charge in [-0.1, -0.05) is 35.3 Å². The van der Waals surface area contributed by atoms with Gasteiger partial charge in [0, 0.05) is 30.7 Å². The first kappa shape index (κ1) is 22.1. The fourth-order valence-electron chi connectivity index (χ4n) is 4.35. The van der Waals surface area contributed by atoms with Crippen molar-refractivity contribution in [2.24, 2.45) is 0 Å². The summed E-state index contributed by atoms with van der Waals surface area (Å²) < 4.78 is 2.13. The monoisotopic (exact) mass is 474 g/mol. The molecular formula is C23H24Cl2N4OS. The first-order valence-electron chi connectivity index (χ1n) is 10.2. The second kappa shape index (κ2) is 9.17. The predicted molar refractivity (Wildman–Crippen MR) is 129 cm³/mol. The minimum absolute atomic E-state index is 0.0631. The maximum Gasteiger partial charge on any atom is 0.170 e. The van der Waals surface area contributed by atoms with Crippen LogP contribution in [0.25, 0.3) is 5.69 Å². The van der Waals surface area contributed by atoms with Crippen LogP contribution < -0.4 is 5.32 Å². The maximum atomic E-state index is 9.43. The van der Waals surface area contributed by atoms with E-state index in [1.165, 1.54) is 0 Å². The molecule has 162 valence electrons. The molecule has 0 unspecified atom stereocenters. The van der Waals surface area contributed by atoms with E-state index in [0.29, 0.717) is 28.1 Å². The van der Waals surface area contributed by atoms with Crippen LogP contribution >= 0.6 is 35.4 Å². The van der Waals surface area contributed by atoms with Gasteiger partial charge in [0.05, 0.1) is 33.5 Å². The molecule has 8 heteroatoms. The van der Waals surface area contributed by atoms with Crippen LogP contribution in [0, 0.1) is 13.8 Å². The molecule has 0 spiro atoms. The molecule has 1 aliphatic rings. The first-order chi connectivity index (χ1) is 14.9. The molecule has 0 radical (unpaired) electrons. The highest BCUT2D eigenvalue weighted by Gasteiger charge is 2.41. The molecule has 0 aliphatic carbocycles. The van der Waals surface area contributed by atoms with Gasteiger partial charge in [-0.3, -0.25) is 4.98 Å². The van der Waals surface area contributed by atoms with Crippen molar-refractivity contribution < 1.29 is 5.11 Å². The summed E-state index contributed by atoms with van der Waals surface area (Å²) in [6.45, 7) is 4.90. The van der Waals surface area contributed by atoms with Crippen LogP contribution in [0.5, 0.6) is 0 Å². The summed E-state index contributed by atoms with van der Waals surface area (Å²) in [5, 5.41) is 14.6. The number of aliphatic hydroxyl groups excluding tert-OH is 1. The van der Waals surface area contributed by atoms with Crippen molar-refractivity contribution in [2.75, 3.05) is 13.2 Å². The van der Waals surface area contributed by atoms with Gasteiger partial charge in [0.2, 0.25) is 0 Å². The molecule has 4 rings (SSSR count). The van der Waals surface area contributed by atoms with Crippen LogP contribution in [0.2, 0.25) is 10.0 Å². The zero-order valence-corrected chi connectivity index (χ0v) is 19.7. The van der Waals surface area contributed by atoms with Crippen LogP contribution in [-0.4, -0.2) is 37.8 Å². The number of aryl methyl sites for hydroxylation is 1. The number of hydrogen-bond acceptors (Lipinski definition) is 3. The quantitative estimate of drug-likeness (QED) is 0.483. The van der Waals surface area contributed by atoms with E-state index >= 15 is 0 Å². The highest BCUT2D eigenvalue weighted by atomic mass is 35.5. The zero-order valence-electron chi connectivity index (χ0n) is 17.3. The Morgan fingerprint density at radius 2 is 1.97 bits per heavy atom. The van der Waals surface area contributed by atoms with Gasteiger partial charge in [0.1, 0.15) is 0 Å². The highest BCUT2D eigenvalue weighted by molar-refractivity contribution is 7.80. The Morgan fingerprint density at radius 1 is 1.16 bits per heavy atom. The van der Waals surface area contributed by atoms with Crippen LogP contribution in [0.15, 0.2) is 48.7 Å². The number of nitrogens with one attached hydrogen (secondary N) is 1. The van der Waals surface area contributed by atoms with Crippen LogP contribution in [0.3, 0.4) is 0 Å². The second-order valence-electron chi connectivity index (χ2n) is 7.63. The standard InChI is InChI=1S/C23H24Cl2N4OS/c1-14-13-16(15(2)29(14)19-9-5-7-17(24)20(19)25)22-21(18-8-3-4-10-26-18)27-23(31)28(22)11-6-12-30/h3-5,7-10,13,21-22,30H,6,11-12H2,1-2H3,(H,27,31)/t21-,22+/m0/s1. The number of benzene rings is 1. The number of thiocarbonyl (C=S) groups is 1. The van der Waals surface area contributed by atoms with Crippen molar-refractivity contribution in [2.45, 2.75) is 32.4 Å². The summed E-state index contributed by atoms with van der Waals surface area (Å²) in [5.74, 6) is 0. The number of nitrogens with zero attached hydrogens (tertiary/aromatic N) is 3. The van der Waals surface area contributed by atoms with E-state index in [1.807, 2.05) is 30.3 Å². The molecule has 3 aromatic rings. The fraction of sp³-hybridized carbons (Fsp3) is 0.304. The first-order valence-corrected chi connectivity index (χ1v) is 11.3. The Balaban J connectivity index is 1.84. The molecule has 3 heterocycles. The lowest BCUT2D eigenvalue weighted by atomic mass is 9.96. The van der Waals surface area contributed by atoms with Gasteiger partial charge in [-0.2, -0.15) is 0 Å². The average Bonchev–Trinajstić information content (AvgIpc) is 3.24. The van der Waals surface area contributed by atoms with E-state index < -0.39 is 0 Å². The van der Waals surface area contributed by atoms with Crippen LogP contribution in [0.4, 0.5) is 0 Å². The molecule has 0 saturated carbocycles. The highest BCUT2D eigenvalue weighted by Crippen LogP contribution is 2.42. The van der Waals surface area contributed by atoms with E-state index in [2.05, 4.69) is 39.7 Å². The second-order valence-corrected chi connectivity index (χ2v) is 8.80. The van der Waals surface area contributed by atoms with E-state index in [-0.39, 0.29) is 18.7 Å². The molecule has 1 aromatic carbocycles. The summed E-state index contributed by atoms with van der Waals surface area (Å²) in [7, 11) is 0. The summed E-state index contributed by atoms with van der Waals surface area (Å²) in [6, 6.07) is 13.6. The van der Waals surface area contributed by atoms with Crippen LogP contribution in [0.1, 0.15) is 41.1 Å². The lowest BCUT2D eigenvalue weighted by molar-refractivity contribution is 0.247. The predicted octanol–water partition coefficient (Wildman–Crippen LogP) is 5.15. The number of rotatable bonds is 6. The smallest absolute Gasteiger partial charge is 0.170 e. The van der Waals surface area contributed by atoms with Crippen molar-refractivity contribution >= 4 is 40.5 Å². The Labute approximate surface area is 197 Å². The van der Waals surface area contributed by atoms with Gasteiger partial charge in [0.25, 0.3) is 0 Å². The minimum atomic E-state index is -0.101. The Kier molecular flexibility index (Phi) is 6.53. The maximum absolute atomic E-state index is 9.43. The number of aliphatic hydroxyl groups is 1. The summed E-state index contributed by atoms with van der Waals surface area (Å²) in [4.78, 5) is 6.73. The lowest BCUT2D eigenvalue weighted by Gasteiger charge is -2.28. The van der Waals surface area contributed by atoms with Gasteiger partial charge >= 0.3 is 0 Å². The molecule has 5 nitrogen and oxygen atoms in total. The SMILES string of the molecule is Cc1cc([C@@H]2[C@H](c3ccccn3)NC(=S)N2CCCO)c(C)n1-c1cccc(Cl)c1Cl. The molecule has 2 N–H and O–H groups in total. The lowest BCUT2D eigenvalue weighted by Crippen LogP contribution is -2.31. The van der Waals surface area contributed by atoms with Crippen molar-refractivity contribution in [3.63, 3.8) is 0 Å². The number of hydrogen-bond donors (Lipinski definition) is 2. The Bertz CT molecular complexity index is 1100. The van der Waals surface area contributed by atoms with E-state index in [9.17, 15) is 5.11 Å². The summed E-state index contributed by atoms with van der Waals surface area (Å²) >= 11 is 18.5. The number of pyridine rings is 1. The normalized spacial score (nSPS) is 18.5. The molecule has 31 heavy (non-hydrogen) atoms. The van der Waals surface area contributed by atoms with Crippen molar-refractivity contribution in [3.8, 4) is 5.69 Å². The van der Waals surface area contributed by atoms with Crippen molar-refractivity contribution in [1.29, 1.82) is 0 Å². The average molecular weight is 475 g/mol. The van der Waals surface area contributed by atoms with Crippen LogP contribution in [-0.2, 0) is 0 Å². The summed E-state index contributed by atoms with van der Waals surface area (Å²) in [6.07, 6.45) is 2.43. The zero-order chi connectivity index (χ0) is 22.1. The fourth-order valence-corrected chi connectivity index (χ4v) is 5.06. The third-order valence-electron chi connectivity index (χ3n) is 5.72. The van der Waals surface area contributed by atoms with Gasteiger partial charge in [-0.15, -0.1) is 0 Å². The molecule has 0 bridgehead atoms. The van der Waals surface area contributed by atoms with E-state index in [4.69, 9.17) is 35.4 Å². The van der Waals surface area contributed by atoms with Crippen molar-refractivity contribution in [1.82, 2.24) is 19.8 Å². The molecule has 2 aromatic heterocycles. The largest absolute Gasteiger partial charge is 0.396 e. The molecule has 2 atom stereocenters. The van der Waals surface area contributed by atoms with Gasteiger partial charge < -0.3 is 19.9 Å². The van der Waals surface area contributed by atoms with E-state index in [0.717, 1.165) is 28.3 Å². The third-order valence-corrected chi connectivity index (χ3v) is 6.88.